The smallest absolute Gasteiger partial charge is 0.272 e. The summed E-state index contributed by atoms with van der Waals surface area (Å²) in [4.78, 5) is 17.3. The van der Waals surface area contributed by atoms with Crippen molar-refractivity contribution in [3.63, 3.8) is 0 Å². The van der Waals surface area contributed by atoms with Gasteiger partial charge in [-0.25, -0.2) is 0 Å². The summed E-state index contributed by atoms with van der Waals surface area (Å²) in [6, 6.07) is 13.2. The molecule has 0 saturated heterocycles. The second-order valence-electron chi connectivity index (χ2n) is 5.87. The van der Waals surface area contributed by atoms with Gasteiger partial charge in [-0.3, -0.25) is 4.79 Å². The lowest BCUT2D eigenvalue weighted by atomic mass is 10.2. The minimum absolute atomic E-state index is 0.351. The minimum Gasteiger partial charge on any atom is -0.492 e. The van der Waals surface area contributed by atoms with E-state index in [0.717, 1.165) is 21.5 Å². The number of rotatable bonds is 7. The molecule has 146 valence electrons. The van der Waals surface area contributed by atoms with Crippen LogP contribution in [0.1, 0.15) is 12.5 Å². The fourth-order valence-corrected chi connectivity index (χ4v) is 4.03. The first kappa shape index (κ1) is 20.3. The van der Waals surface area contributed by atoms with Gasteiger partial charge in [0, 0.05) is 24.8 Å². The summed E-state index contributed by atoms with van der Waals surface area (Å²) >= 11 is 7.58. The number of benzene rings is 2. The third kappa shape index (κ3) is 4.70. The molecule has 5 nitrogen and oxygen atoms in total. The highest BCUT2D eigenvalue weighted by Gasteiger charge is 2.12. The van der Waals surface area contributed by atoms with Gasteiger partial charge < -0.3 is 14.0 Å². The van der Waals surface area contributed by atoms with Gasteiger partial charge in [-0.15, -0.1) is 0 Å². The van der Waals surface area contributed by atoms with Gasteiger partial charge >= 0.3 is 0 Å². The number of hydrogen-bond donors (Lipinski definition) is 0. The van der Waals surface area contributed by atoms with Crippen LogP contribution in [0.15, 0.2) is 53.5 Å². The van der Waals surface area contributed by atoms with Crippen LogP contribution in [-0.2, 0) is 16.1 Å². The van der Waals surface area contributed by atoms with Crippen molar-refractivity contribution < 1.29 is 14.3 Å². The molecule has 0 atom stereocenters. The molecule has 1 aromatic heterocycles. The third-order valence-corrected chi connectivity index (χ3v) is 5.39. The molecule has 0 fully saturated rings. The second-order valence-corrected chi connectivity index (χ2v) is 7.29. The summed E-state index contributed by atoms with van der Waals surface area (Å²) in [6.07, 6.45) is 3.10. The molecule has 28 heavy (non-hydrogen) atoms. The summed E-state index contributed by atoms with van der Waals surface area (Å²) in [6.45, 7) is 3.58. The zero-order valence-corrected chi connectivity index (χ0v) is 17.3. The predicted molar refractivity (Wildman–Crippen MR) is 114 cm³/mol. The number of para-hydroxylation sites is 1. The Balaban J connectivity index is 2.02. The van der Waals surface area contributed by atoms with E-state index in [9.17, 15) is 4.79 Å². The fourth-order valence-electron chi connectivity index (χ4n) is 2.75. The van der Waals surface area contributed by atoms with Crippen LogP contribution in [0, 0.1) is 0 Å². The monoisotopic (exact) mass is 416 g/mol. The maximum absolute atomic E-state index is 12.4. The number of hydrogen-bond acceptors (Lipinski definition) is 4. The van der Waals surface area contributed by atoms with E-state index in [2.05, 4.69) is 4.99 Å². The largest absolute Gasteiger partial charge is 0.492 e. The predicted octanol–water partition coefficient (Wildman–Crippen LogP) is 4.54. The van der Waals surface area contributed by atoms with Crippen molar-refractivity contribution in [2.75, 3.05) is 20.3 Å². The molecule has 3 rings (SSSR count). The van der Waals surface area contributed by atoms with Gasteiger partial charge in [-0.1, -0.05) is 47.2 Å². The van der Waals surface area contributed by atoms with E-state index in [1.165, 1.54) is 17.4 Å². The van der Waals surface area contributed by atoms with Crippen molar-refractivity contribution in [1.82, 2.24) is 4.57 Å². The van der Waals surface area contributed by atoms with Gasteiger partial charge in [0.1, 0.15) is 11.3 Å². The quantitative estimate of drug-likeness (QED) is 0.531. The molecule has 0 radical (unpaired) electrons. The molecule has 2 aromatic carbocycles. The number of amides is 1. The number of fused-ring (bicyclic) bond motifs is 1. The van der Waals surface area contributed by atoms with Gasteiger partial charge in [0.2, 0.25) is 0 Å². The SMILES string of the molecule is CCOc1cccc2sc(=NC(=O)C=Cc3ccccc3Cl)n(CCOC)c12. The van der Waals surface area contributed by atoms with Gasteiger partial charge in [-0.05, 0) is 36.8 Å². The second kappa shape index (κ2) is 9.68. The highest BCUT2D eigenvalue weighted by Crippen LogP contribution is 2.27. The Morgan fingerprint density at radius 3 is 2.82 bits per heavy atom. The average Bonchev–Trinajstić information content (AvgIpc) is 3.04. The Labute approximate surface area is 172 Å². The lowest BCUT2D eigenvalue weighted by Gasteiger charge is -2.09. The molecule has 0 unspecified atom stereocenters. The van der Waals surface area contributed by atoms with E-state index in [1.807, 2.05) is 47.9 Å². The molecule has 7 heteroatoms. The van der Waals surface area contributed by atoms with Crippen molar-refractivity contribution in [3.05, 3.63) is 63.9 Å². The number of thiazole rings is 1. The molecule has 0 bridgehead atoms. The van der Waals surface area contributed by atoms with E-state index in [1.54, 1.807) is 19.3 Å². The van der Waals surface area contributed by atoms with Crippen LogP contribution in [-0.4, -0.2) is 30.8 Å². The Kier molecular flexibility index (Phi) is 7.03. The lowest BCUT2D eigenvalue weighted by molar-refractivity contribution is -0.113. The normalized spacial score (nSPS) is 12.2. The Morgan fingerprint density at radius 2 is 2.07 bits per heavy atom. The number of carbonyl (C=O) groups is 1. The molecule has 1 heterocycles. The first-order valence-corrected chi connectivity index (χ1v) is 10.1. The number of aromatic nitrogens is 1. The molecule has 0 spiro atoms. The molecule has 1 amide bonds. The highest BCUT2D eigenvalue weighted by molar-refractivity contribution is 7.16. The summed E-state index contributed by atoms with van der Waals surface area (Å²) in [5, 5.41) is 0.588. The van der Waals surface area contributed by atoms with Crippen LogP contribution in [0.4, 0.5) is 0 Å². The van der Waals surface area contributed by atoms with Crippen LogP contribution in [0.3, 0.4) is 0 Å². The van der Waals surface area contributed by atoms with Crippen LogP contribution in [0.2, 0.25) is 5.02 Å². The standard InChI is InChI=1S/C21H21ClN2O3S/c1-3-27-17-9-6-10-18-20(17)24(13-14-26-2)21(28-18)23-19(25)12-11-15-7-4-5-8-16(15)22/h4-12H,3,13-14H2,1-2H3. The van der Waals surface area contributed by atoms with Crippen molar-refractivity contribution in [2.45, 2.75) is 13.5 Å². The zero-order valence-electron chi connectivity index (χ0n) is 15.7. The van der Waals surface area contributed by atoms with Gasteiger partial charge in [-0.2, -0.15) is 4.99 Å². The van der Waals surface area contributed by atoms with E-state index >= 15 is 0 Å². The number of methoxy groups -OCH3 is 1. The van der Waals surface area contributed by atoms with Crippen LogP contribution < -0.4 is 9.54 Å². The summed E-state index contributed by atoms with van der Waals surface area (Å²) in [7, 11) is 1.65. The van der Waals surface area contributed by atoms with Crippen molar-refractivity contribution in [2.24, 2.45) is 4.99 Å². The van der Waals surface area contributed by atoms with Crippen molar-refractivity contribution >= 4 is 45.1 Å². The van der Waals surface area contributed by atoms with E-state index < -0.39 is 0 Å². The average molecular weight is 417 g/mol. The van der Waals surface area contributed by atoms with Crippen molar-refractivity contribution in [1.29, 1.82) is 0 Å². The number of nitrogens with zero attached hydrogens (tertiary/aromatic N) is 2. The maximum Gasteiger partial charge on any atom is 0.272 e. The van der Waals surface area contributed by atoms with E-state index in [0.29, 0.717) is 29.6 Å². The third-order valence-electron chi connectivity index (χ3n) is 4.00. The Bertz CT molecular complexity index is 1070. The number of carbonyl (C=O) groups excluding carboxylic acids is 1. The molecule has 3 aromatic rings. The first-order chi connectivity index (χ1) is 13.6. The lowest BCUT2D eigenvalue weighted by Crippen LogP contribution is -2.19. The highest BCUT2D eigenvalue weighted by atomic mass is 35.5. The van der Waals surface area contributed by atoms with Crippen LogP contribution >= 0.6 is 22.9 Å². The van der Waals surface area contributed by atoms with Gasteiger partial charge in [0.15, 0.2) is 4.80 Å². The van der Waals surface area contributed by atoms with Crippen molar-refractivity contribution in [3.8, 4) is 5.75 Å². The molecule has 0 aliphatic rings. The first-order valence-electron chi connectivity index (χ1n) is 8.89. The number of halogens is 1. The molecule has 0 aliphatic carbocycles. The topological polar surface area (TPSA) is 52.8 Å². The van der Waals surface area contributed by atoms with Gasteiger partial charge in [0.25, 0.3) is 5.91 Å². The summed E-state index contributed by atoms with van der Waals surface area (Å²) < 4.78 is 14.0. The van der Waals surface area contributed by atoms with Crippen LogP contribution in [0.25, 0.3) is 16.3 Å². The Morgan fingerprint density at radius 1 is 1.25 bits per heavy atom. The minimum atomic E-state index is -0.351. The van der Waals surface area contributed by atoms with E-state index in [-0.39, 0.29) is 5.91 Å². The molecule has 0 N–H and O–H groups in total. The molecule has 0 aliphatic heterocycles. The summed E-state index contributed by atoms with van der Waals surface area (Å²) in [5.41, 5.74) is 1.70. The molecular formula is C21H21ClN2O3S. The summed E-state index contributed by atoms with van der Waals surface area (Å²) in [5.74, 6) is 0.420. The van der Waals surface area contributed by atoms with Crippen LogP contribution in [0.5, 0.6) is 5.75 Å². The number of ether oxygens (including phenoxy) is 2. The maximum atomic E-state index is 12.4. The zero-order chi connectivity index (χ0) is 19.9. The molecule has 0 saturated carbocycles. The Hall–Kier alpha value is -2.41. The van der Waals surface area contributed by atoms with Gasteiger partial charge in [0.05, 0.1) is 17.9 Å². The molecular weight excluding hydrogens is 396 g/mol. The van der Waals surface area contributed by atoms with E-state index in [4.69, 9.17) is 21.1 Å². The fraction of sp³-hybridized carbons (Fsp3) is 0.238.